The molecular formula is C12H15NO4S. The van der Waals surface area contributed by atoms with E-state index in [4.69, 9.17) is 4.18 Å². The molecule has 0 saturated carbocycles. The van der Waals surface area contributed by atoms with E-state index in [-0.39, 0.29) is 10.8 Å². The minimum absolute atomic E-state index is 0.147. The predicted molar refractivity (Wildman–Crippen MR) is 65.4 cm³/mol. The van der Waals surface area contributed by atoms with E-state index in [0.29, 0.717) is 18.4 Å². The van der Waals surface area contributed by atoms with Crippen molar-refractivity contribution in [1.82, 2.24) is 5.32 Å². The van der Waals surface area contributed by atoms with Gasteiger partial charge in [-0.3, -0.25) is 4.79 Å². The number of nitrogens with one attached hydrogen (secondary N) is 1. The van der Waals surface area contributed by atoms with E-state index in [2.05, 4.69) is 5.32 Å². The van der Waals surface area contributed by atoms with Crippen LogP contribution >= 0.6 is 0 Å². The fraction of sp³-hybridized carbons (Fsp3) is 0.417. The predicted octanol–water partition coefficient (Wildman–Crippen LogP) is 1.24. The maximum absolute atomic E-state index is 12.1. The molecule has 0 radical (unpaired) electrons. The average Bonchev–Trinajstić information content (AvgIpc) is 2.62. The molecule has 1 aromatic rings. The minimum atomic E-state index is -3.83. The highest BCUT2D eigenvalue weighted by Crippen LogP contribution is 2.21. The SMILES string of the molecule is Cc1ccc(S(=O)(=O)OC2CCC(=O)N2)c(C)c1. The molecule has 2 rings (SSSR count). The molecule has 5 nitrogen and oxygen atoms in total. The quantitative estimate of drug-likeness (QED) is 0.838. The standard InChI is InChI=1S/C12H15NO4S/c1-8-3-4-10(9(2)7-8)18(15,16)17-12-6-5-11(14)13-12/h3-4,7,12H,5-6H2,1-2H3,(H,13,14). The Morgan fingerprint density at radius 2 is 2.06 bits per heavy atom. The van der Waals surface area contributed by atoms with Gasteiger partial charge in [0.15, 0.2) is 0 Å². The molecule has 18 heavy (non-hydrogen) atoms. The number of hydrogen-bond donors (Lipinski definition) is 1. The Morgan fingerprint density at radius 1 is 1.33 bits per heavy atom. The van der Waals surface area contributed by atoms with E-state index in [9.17, 15) is 13.2 Å². The Hall–Kier alpha value is -1.40. The van der Waals surface area contributed by atoms with Crippen LogP contribution in [0.1, 0.15) is 24.0 Å². The van der Waals surface area contributed by atoms with Crippen LogP contribution in [0.3, 0.4) is 0 Å². The van der Waals surface area contributed by atoms with Crippen molar-refractivity contribution >= 4 is 16.0 Å². The van der Waals surface area contributed by atoms with E-state index < -0.39 is 16.3 Å². The van der Waals surface area contributed by atoms with Crippen molar-refractivity contribution in [2.75, 3.05) is 0 Å². The lowest BCUT2D eigenvalue weighted by Gasteiger charge is -2.13. The van der Waals surface area contributed by atoms with Gasteiger partial charge < -0.3 is 5.32 Å². The number of rotatable bonds is 3. The number of amides is 1. The van der Waals surface area contributed by atoms with Gasteiger partial charge >= 0.3 is 0 Å². The van der Waals surface area contributed by atoms with E-state index in [1.54, 1.807) is 19.1 Å². The molecule has 1 amide bonds. The summed E-state index contributed by atoms with van der Waals surface area (Å²) in [5.41, 5.74) is 1.62. The summed E-state index contributed by atoms with van der Waals surface area (Å²) in [6, 6.07) is 5.02. The van der Waals surface area contributed by atoms with Gasteiger partial charge in [0.1, 0.15) is 6.23 Å². The third kappa shape index (κ3) is 2.70. The zero-order valence-electron chi connectivity index (χ0n) is 10.3. The van der Waals surface area contributed by atoms with Gasteiger partial charge in [-0.2, -0.15) is 8.42 Å². The topological polar surface area (TPSA) is 72.5 Å². The number of carbonyl (C=O) groups is 1. The molecule has 1 aliphatic rings. The van der Waals surface area contributed by atoms with Crippen LogP contribution in [0.15, 0.2) is 23.1 Å². The van der Waals surface area contributed by atoms with Crippen LogP contribution in [0.5, 0.6) is 0 Å². The molecule has 0 aliphatic carbocycles. The van der Waals surface area contributed by atoms with Crippen LogP contribution in [0.25, 0.3) is 0 Å². The van der Waals surface area contributed by atoms with Crippen molar-refractivity contribution in [3.63, 3.8) is 0 Å². The first-order valence-electron chi connectivity index (χ1n) is 5.68. The summed E-state index contributed by atoms with van der Waals surface area (Å²) in [5, 5.41) is 2.47. The molecule has 1 heterocycles. The van der Waals surface area contributed by atoms with Gasteiger partial charge in [-0.05, 0) is 25.5 Å². The highest BCUT2D eigenvalue weighted by molar-refractivity contribution is 7.86. The second-order valence-electron chi connectivity index (χ2n) is 4.41. The van der Waals surface area contributed by atoms with Crippen molar-refractivity contribution in [1.29, 1.82) is 0 Å². The minimum Gasteiger partial charge on any atom is -0.330 e. The molecule has 0 aromatic heterocycles. The molecule has 1 atom stereocenters. The molecule has 0 bridgehead atoms. The van der Waals surface area contributed by atoms with Crippen molar-refractivity contribution in [3.8, 4) is 0 Å². The molecule has 98 valence electrons. The zero-order chi connectivity index (χ0) is 13.3. The molecule has 1 fully saturated rings. The van der Waals surface area contributed by atoms with E-state index in [1.807, 2.05) is 6.92 Å². The summed E-state index contributed by atoms with van der Waals surface area (Å²) in [6.07, 6.45) is -0.0704. The molecule has 6 heteroatoms. The average molecular weight is 269 g/mol. The van der Waals surface area contributed by atoms with Gasteiger partial charge in [-0.25, -0.2) is 4.18 Å². The van der Waals surface area contributed by atoms with Crippen LogP contribution in [-0.4, -0.2) is 20.6 Å². The smallest absolute Gasteiger partial charge is 0.299 e. The first kappa shape index (κ1) is 13.0. The Morgan fingerprint density at radius 3 is 2.61 bits per heavy atom. The first-order valence-corrected chi connectivity index (χ1v) is 7.09. The Bertz CT molecular complexity index is 580. The normalized spacial score (nSPS) is 19.9. The van der Waals surface area contributed by atoms with Gasteiger partial charge in [0.25, 0.3) is 10.1 Å². The Kier molecular flexibility index (Phi) is 3.41. The van der Waals surface area contributed by atoms with Crippen LogP contribution in [-0.2, 0) is 19.1 Å². The van der Waals surface area contributed by atoms with Crippen molar-refractivity contribution < 1.29 is 17.4 Å². The van der Waals surface area contributed by atoms with Gasteiger partial charge in [-0.1, -0.05) is 17.7 Å². The van der Waals surface area contributed by atoms with Crippen LogP contribution < -0.4 is 5.32 Å². The summed E-state index contributed by atoms with van der Waals surface area (Å²) in [5.74, 6) is -0.184. The number of aryl methyl sites for hydroxylation is 2. The number of hydrogen-bond acceptors (Lipinski definition) is 4. The molecule has 1 unspecified atom stereocenters. The second kappa shape index (κ2) is 4.70. The molecule has 1 aromatic carbocycles. The Labute approximate surface area is 106 Å². The van der Waals surface area contributed by atoms with Crippen molar-refractivity contribution in [2.24, 2.45) is 0 Å². The lowest BCUT2D eigenvalue weighted by atomic mass is 10.2. The fourth-order valence-electron chi connectivity index (χ4n) is 1.94. The highest BCUT2D eigenvalue weighted by Gasteiger charge is 2.28. The van der Waals surface area contributed by atoms with E-state index in [0.717, 1.165) is 5.56 Å². The molecular weight excluding hydrogens is 254 g/mol. The summed E-state index contributed by atoms with van der Waals surface area (Å²) in [7, 11) is -3.83. The summed E-state index contributed by atoms with van der Waals surface area (Å²) >= 11 is 0. The van der Waals surface area contributed by atoms with Gasteiger partial charge in [-0.15, -0.1) is 0 Å². The highest BCUT2D eigenvalue weighted by atomic mass is 32.2. The Balaban J connectivity index is 2.23. The van der Waals surface area contributed by atoms with Gasteiger partial charge in [0, 0.05) is 12.8 Å². The summed E-state index contributed by atoms with van der Waals surface area (Å²) < 4.78 is 29.1. The number of carbonyl (C=O) groups excluding carboxylic acids is 1. The fourth-order valence-corrected chi connectivity index (χ4v) is 3.18. The van der Waals surface area contributed by atoms with Gasteiger partial charge in [0.2, 0.25) is 5.91 Å². The lowest BCUT2D eigenvalue weighted by Crippen LogP contribution is -2.30. The maximum atomic E-state index is 12.1. The van der Waals surface area contributed by atoms with Crippen molar-refractivity contribution in [2.45, 2.75) is 37.8 Å². The number of benzene rings is 1. The molecule has 1 saturated heterocycles. The summed E-state index contributed by atoms with van der Waals surface area (Å²) in [6.45, 7) is 3.61. The van der Waals surface area contributed by atoms with E-state index in [1.165, 1.54) is 6.07 Å². The van der Waals surface area contributed by atoms with Crippen LogP contribution in [0.2, 0.25) is 0 Å². The third-order valence-electron chi connectivity index (χ3n) is 2.80. The summed E-state index contributed by atoms with van der Waals surface area (Å²) in [4.78, 5) is 11.1. The van der Waals surface area contributed by atoms with Gasteiger partial charge in [0.05, 0.1) is 4.90 Å². The van der Waals surface area contributed by atoms with E-state index >= 15 is 0 Å². The van der Waals surface area contributed by atoms with Crippen LogP contribution in [0.4, 0.5) is 0 Å². The second-order valence-corrected chi connectivity index (χ2v) is 5.95. The molecule has 1 aliphatic heterocycles. The third-order valence-corrected chi connectivity index (χ3v) is 4.28. The lowest BCUT2D eigenvalue weighted by molar-refractivity contribution is -0.119. The van der Waals surface area contributed by atoms with Crippen molar-refractivity contribution in [3.05, 3.63) is 29.3 Å². The molecule has 1 N–H and O–H groups in total. The maximum Gasteiger partial charge on any atom is 0.299 e. The first-order chi connectivity index (χ1) is 8.38. The monoisotopic (exact) mass is 269 g/mol. The van der Waals surface area contributed by atoms with Crippen LogP contribution in [0, 0.1) is 13.8 Å². The largest absolute Gasteiger partial charge is 0.330 e. The molecule has 0 spiro atoms. The zero-order valence-corrected chi connectivity index (χ0v) is 11.1.